The van der Waals surface area contributed by atoms with Gasteiger partial charge in [-0.1, -0.05) is 29.3 Å². The van der Waals surface area contributed by atoms with Gasteiger partial charge in [0.25, 0.3) is 0 Å². The van der Waals surface area contributed by atoms with E-state index in [-0.39, 0.29) is 22.9 Å². The van der Waals surface area contributed by atoms with Gasteiger partial charge in [0, 0.05) is 14.1 Å². The number of amides is 1. The zero-order valence-corrected chi connectivity index (χ0v) is 16.7. The van der Waals surface area contributed by atoms with Crippen LogP contribution in [-0.4, -0.2) is 39.8 Å². The van der Waals surface area contributed by atoms with Crippen molar-refractivity contribution in [2.75, 3.05) is 26.5 Å². The number of ether oxygens (including phenoxy) is 1. The molecule has 1 N–H and O–H groups in total. The largest absolute Gasteiger partial charge is 0.495 e. The zero-order chi connectivity index (χ0) is 19.5. The number of sulfonamides is 1. The minimum Gasteiger partial charge on any atom is -0.495 e. The van der Waals surface area contributed by atoms with Gasteiger partial charge in [0.1, 0.15) is 5.75 Å². The summed E-state index contributed by atoms with van der Waals surface area (Å²) < 4.78 is 30.8. The van der Waals surface area contributed by atoms with E-state index in [0.29, 0.717) is 21.4 Å². The van der Waals surface area contributed by atoms with E-state index in [2.05, 4.69) is 5.32 Å². The molecule has 0 unspecified atom stereocenters. The van der Waals surface area contributed by atoms with Crippen LogP contribution in [0.3, 0.4) is 0 Å². The maximum atomic E-state index is 12.3. The van der Waals surface area contributed by atoms with Crippen molar-refractivity contribution < 1.29 is 17.9 Å². The van der Waals surface area contributed by atoms with Crippen LogP contribution in [0, 0.1) is 0 Å². The quantitative estimate of drug-likeness (QED) is 0.782. The van der Waals surface area contributed by atoms with Crippen LogP contribution in [0.15, 0.2) is 41.3 Å². The Kier molecular flexibility index (Phi) is 6.52. The molecule has 0 radical (unpaired) electrons. The number of carbonyl (C=O) groups excluding carboxylic acids is 1. The van der Waals surface area contributed by atoms with Crippen molar-refractivity contribution in [3.63, 3.8) is 0 Å². The first kappa shape index (κ1) is 20.5. The van der Waals surface area contributed by atoms with Crippen LogP contribution < -0.4 is 10.1 Å². The van der Waals surface area contributed by atoms with E-state index in [9.17, 15) is 13.2 Å². The predicted octanol–water partition coefficient (Wildman–Crippen LogP) is 3.43. The number of carbonyl (C=O) groups is 1. The second kappa shape index (κ2) is 8.26. The number of benzene rings is 2. The summed E-state index contributed by atoms with van der Waals surface area (Å²) in [6.07, 6.45) is 0.0463. The normalized spacial score (nSPS) is 11.5. The van der Waals surface area contributed by atoms with Gasteiger partial charge >= 0.3 is 0 Å². The van der Waals surface area contributed by atoms with Crippen molar-refractivity contribution in [3.8, 4) is 5.75 Å². The zero-order valence-electron chi connectivity index (χ0n) is 14.4. The molecule has 6 nitrogen and oxygen atoms in total. The average molecular weight is 417 g/mol. The van der Waals surface area contributed by atoms with Crippen molar-refractivity contribution in [3.05, 3.63) is 52.0 Å². The van der Waals surface area contributed by atoms with Gasteiger partial charge in [-0.05, 0) is 35.9 Å². The lowest BCUT2D eigenvalue weighted by Gasteiger charge is -2.15. The number of nitrogens with one attached hydrogen (secondary N) is 1. The fourth-order valence-corrected chi connectivity index (χ4v) is 3.43. The Morgan fingerprint density at radius 3 is 2.38 bits per heavy atom. The monoisotopic (exact) mass is 416 g/mol. The molecule has 0 atom stereocenters. The van der Waals surface area contributed by atoms with E-state index in [1.165, 1.54) is 39.4 Å². The van der Waals surface area contributed by atoms with E-state index >= 15 is 0 Å². The second-order valence-electron chi connectivity index (χ2n) is 5.62. The number of halogens is 2. The number of methoxy groups -OCH3 is 1. The lowest BCUT2D eigenvalue weighted by molar-refractivity contribution is -0.115. The molecule has 0 spiro atoms. The molecule has 0 saturated carbocycles. The lowest BCUT2D eigenvalue weighted by atomic mass is 10.1. The topological polar surface area (TPSA) is 75.7 Å². The molecule has 1 amide bonds. The van der Waals surface area contributed by atoms with Gasteiger partial charge < -0.3 is 10.1 Å². The fraction of sp³-hybridized carbons (Fsp3) is 0.235. The summed E-state index contributed by atoms with van der Waals surface area (Å²) in [6, 6.07) is 9.18. The van der Waals surface area contributed by atoms with Crippen molar-refractivity contribution in [1.29, 1.82) is 0 Å². The Hall–Kier alpha value is -1.80. The van der Waals surface area contributed by atoms with Crippen LogP contribution in [0.2, 0.25) is 10.0 Å². The van der Waals surface area contributed by atoms with Crippen LogP contribution in [-0.2, 0) is 21.2 Å². The number of hydrogen-bond acceptors (Lipinski definition) is 4. The number of rotatable bonds is 6. The first-order chi connectivity index (χ1) is 12.1. The molecule has 0 aliphatic heterocycles. The van der Waals surface area contributed by atoms with Crippen LogP contribution in [0.25, 0.3) is 0 Å². The molecule has 2 rings (SSSR count). The summed E-state index contributed by atoms with van der Waals surface area (Å²) in [7, 11) is 0.665. The molecule has 2 aromatic carbocycles. The highest BCUT2D eigenvalue weighted by Gasteiger charge is 2.20. The lowest BCUT2D eigenvalue weighted by Crippen LogP contribution is -2.22. The Morgan fingerprint density at radius 2 is 1.81 bits per heavy atom. The highest BCUT2D eigenvalue weighted by atomic mass is 35.5. The number of anilines is 1. The first-order valence-corrected chi connectivity index (χ1v) is 9.69. The van der Waals surface area contributed by atoms with Crippen LogP contribution >= 0.6 is 23.2 Å². The summed E-state index contributed by atoms with van der Waals surface area (Å²) >= 11 is 11.8. The third-order valence-electron chi connectivity index (χ3n) is 3.57. The molecule has 26 heavy (non-hydrogen) atoms. The molecule has 0 fully saturated rings. The summed E-state index contributed by atoms with van der Waals surface area (Å²) in [5.41, 5.74) is 0.938. The first-order valence-electron chi connectivity index (χ1n) is 7.49. The van der Waals surface area contributed by atoms with Gasteiger partial charge in [-0.2, -0.15) is 0 Å². The molecule has 0 bridgehead atoms. The van der Waals surface area contributed by atoms with Crippen LogP contribution in [0.1, 0.15) is 5.56 Å². The van der Waals surface area contributed by atoms with Crippen LogP contribution in [0.4, 0.5) is 5.69 Å². The average Bonchev–Trinajstić information content (AvgIpc) is 2.57. The van der Waals surface area contributed by atoms with Gasteiger partial charge in [-0.25, -0.2) is 12.7 Å². The van der Waals surface area contributed by atoms with Gasteiger partial charge in [-0.3, -0.25) is 4.79 Å². The molecule has 140 valence electrons. The molecule has 9 heteroatoms. The summed E-state index contributed by atoms with van der Waals surface area (Å²) in [5, 5.41) is 3.43. The van der Waals surface area contributed by atoms with Gasteiger partial charge in [0.05, 0.1) is 34.2 Å². The molecule has 0 aliphatic rings. The highest BCUT2D eigenvalue weighted by molar-refractivity contribution is 7.89. The molecular formula is C17H18Cl2N2O4S. The Morgan fingerprint density at radius 1 is 1.12 bits per heavy atom. The van der Waals surface area contributed by atoms with E-state index in [1.807, 2.05) is 0 Å². The SMILES string of the molecule is COc1ccc(S(=O)(=O)N(C)C)cc1NC(=O)Cc1ccc(Cl)c(Cl)c1. The number of nitrogens with zero attached hydrogens (tertiary/aromatic N) is 1. The molecule has 0 aromatic heterocycles. The van der Waals surface area contributed by atoms with E-state index in [0.717, 1.165) is 4.31 Å². The maximum absolute atomic E-state index is 12.3. The van der Waals surface area contributed by atoms with Gasteiger partial charge in [0.15, 0.2) is 0 Å². The molecule has 0 heterocycles. The maximum Gasteiger partial charge on any atom is 0.242 e. The molecule has 0 aliphatic carbocycles. The third kappa shape index (κ3) is 4.67. The summed E-state index contributed by atoms with van der Waals surface area (Å²) in [4.78, 5) is 12.4. The minimum atomic E-state index is -3.64. The molecule has 2 aromatic rings. The Bertz CT molecular complexity index is 930. The predicted molar refractivity (Wildman–Crippen MR) is 103 cm³/mol. The third-order valence-corrected chi connectivity index (χ3v) is 6.12. The molecular weight excluding hydrogens is 399 g/mol. The summed E-state index contributed by atoms with van der Waals surface area (Å²) in [5.74, 6) is 0.00582. The van der Waals surface area contributed by atoms with E-state index in [4.69, 9.17) is 27.9 Å². The van der Waals surface area contributed by atoms with E-state index in [1.54, 1.807) is 18.2 Å². The minimum absolute atomic E-state index is 0.0463. The molecule has 0 saturated heterocycles. The van der Waals surface area contributed by atoms with Crippen molar-refractivity contribution in [2.45, 2.75) is 11.3 Å². The van der Waals surface area contributed by atoms with Crippen molar-refractivity contribution in [2.24, 2.45) is 0 Å². The second-order valence-corrected chi connectivity index (χ2v) is 8.59. The van der Waals surface area contributed by atoms with Gasteiger partial charge in [-0.15, -0.1) is 0 Å². The van der Waals surface area contributed by atoms with Crippen molar-refractivity contribution >= 4 is 44.8 Å². The number of hydrogen-bond donors (Lipinski definition) is 1. The van der Waals surface area contributed by atoms with Crippen molar-refractivity contribution in [1.82, 2.24) is 4.31 Å². The van der Waals surface area contributed by atoms with Gasteiger partial charge in [0.2, 0.25) is 15.9 Å². The standard InChI is InChI=1S/C17H18Cl2N2O4S/c1-21(2)26(23,24)12-5-7-16(25-3)15(10-12)20-17(22)9-11-4-6-13(18)14(19)8-11/h4-8,10H,9H2,1-3H3,(H,20,22). The highest BCUT2D eigenvalue weighted by Crippen LogP contribution is 2.29. The van der Waals surface area contributed by atoms with Crippen LogP contribution in [0.5, 0.6) is 5.75 Å². The fourth-order valence-electron chi connectivity index (χ4n) is 2.19. The Labute approximate surface area is 162 Å². The smallest absolute Gasteiger partial charge is 0.242 e. The Balaban J connectivity index is 2.26. The van der Waals surface area contributed by atoms with E-state index < -0.39 is 10.0 Å². The summed E-state index contributed by atoms with van der Waals surface area (Å²) in [6.45, 7) is 0.